The molecule has 0 aromatic carbocycles. The molecular formula is C16H23ClN4O. The topological polar surface area (TPSA) is 48.5 Å². The van der Waals surface area contributed by atoms with Gasteiger partial charge in [-0.1, -0.05) is 11.6 Å². The molecule has 2 aliphatic rings. The van der Waals surface area contributed by atoms with Crippen LogP contribution in [0.3, 0.4) is 0 Å². The Morgan fingerprint density at radius 3 is 2.59 bits per heavy atom. The highest BCUT2D eigenvalue weighted by Crippen LogP contribution is 2.26. The molecular weight excluding hydrogens is 300 g/mol. The molecule has 1 N–H and O–H groups in total. The van der Waals surface area contributed by atoms with Crippen LogP contribution < -0.4 is 5.32 Å². The van der Waals surface area contributed by atoms with E-state index in [1.165, 1.54) is 12.8 Å². The van der Waals surface area contributed by atoms with Gasteiger partial charge in [0.1, 0.15) is 5.82 Å². The number of pyridine rings is 1. The first kappa shape index (κ1) is 15.6. The minimum Gasteiger partial charge on any atom is -0.367 e. The smallest absolute Gasteiger partial charge is 0.255 e. The largest absolute Gasteiger partial charge is 0.367 e. The Labute approximate surface area is 136 Å². The summed E-state index contributed by atoms with van der Waals surface area (Å²) in [6.45, 7) is 7.71. The van der Waals surface area contributed by atoms with Gasteiger partial charge in [-0.15, -0.1) is 0 Å². The lowest BCUT2D eigenvalue weighted by molar-refractivity contribution is 0.0595. The van der Waals surface area contributed by atoms with Gasteiger partial charge >= 0.3 is 0 Å². The second-order valence-corrected chi connectivity index (χ2v) is 6.80. The number of halogens is 1. The van der Waals surface area contributed by atoms with Crippen LogP contribution in [-0.2, 0) is 0 Å². The normalized spacial score (nSPS) is 19.5. The van der Waals surface area contributed by atoms with E-state index in [1.54, 1.807) is 12.3 Å². The van der Waals surface area contributed by atoms with Gasteiger partial charge in [0.2, 0.25) is 0 Å². The monoisotopic (exact) mass is 322 g/mol. The highest BCUT2D eigenvalue weighted by molar-refractivity contribution is 6.33. The van der Waals surface area contributed by atoms with Crippen LogP contribution >= 0.6 is 11.6 Å². The minimum absolute atomic E-state index is 0.00894. The van der Waals surface area contributed by atoms with Crippen molar-refractivity contribution in [3.8, 4) is 0 Å². The first-order valence-corrected chi connectivity index (χ1v) is 8.38. The molecule has 0 spiro atoms. The summed E-state index contributed by atoms with van der Waals surface area (Å²) in [6.07, 6.45) is 3.92. The van der Waals surface area contributed by atoms with Gasteiger partial charge in [-0.3, -0.25) is 9.69 Å². The van der Waals surface area contributed by atoms with Crippen LogP contribution in [0.4, 0.5) is 5.82 Å². The summed E-state index contributed by atoms with van der Waals surface area (Å²) in [6, 6.07) is 2.82. The van der Waals surface area contributed by atoms with Crippen molar-refractivity contribution in [2.45, 2.75) is 38.8 Å². The quantitative estimate of drug-likeness (QED) is 0.925. The SMILES string of the molecule is CC(C)N1CCN(C(=O)c2cc(NC3CC3)ncc2Cl)CC1. The van der Waals surface area contributed by atoms with Crippen LogP contribution in [-0.4, -0.2) is 59.0 Å². The molecule has 0 atom stereocenters. The van der Waals surface area contributed by atoms with Gasteiger partial charge in [-0.05, 0) is 32.8 Å². The van der Waals surface area contributed by atoms with Crippen molar-refractivity contribution in [3.63, 3.8) is 0 Å². The van der Waals surface area contributed by atoms with E-state index in [1.807, 2.05) is 4.90 Å². The number of anilines is 1. The van der Waals surface area contributed by atoms with Gasteiger partial charge in [-0.25, -0.2) is 4.98 Å². The fraction of sp³-hybridized carbons (Fsp3) is 0.625. The van der Waals surface area contributed by atoms with E-state index in [9.17, 15) is 4.79 Å². The molecule has 1 saturated heterocycles. The zero-order valence-electron chi connectivity index (χ0n) is 13.2. The maximum absolute atomic E-state index is 12.7. The number of aromatic nitrogens is 1. The van der Waals surface area contributed by atoms with Gasteiger partial charge < -0.3 is 10.2 Å². The number of carbonyl (C=O) groups is 1. The fourth-order valence-corrected chi connectivity index (χ4v) is 2.91. The van der Waals surface area contributed by atoms with Gasteiger partial charge in [0.15, 0.2) is 0 Å². The summed E-state index contributed by atoms with van der Waals surface area (Å²) in [7, 11) is 0. The second kappa shape index (κ2) is 6.42. The molecule has 2 fully saturated rings. The number of nitrogens with zero attached hydrogens (tertiary/aromatic N) is 3. The number of nitrogens with one attached hydrogen (secondary N) is 1. The fourth-order valence-electron chi connectivity index (χ4n) is 2.73. The predicted octanol–water partition coefficient (Wildman–Crippen LogP) is 2.48. The molecule has 5 nitrogen and oxygen atoms in total. The number of piperazine rings is 1. The molecule has 1 aliphatic carbocycles. The van der Waals surface area contributed by atoms with Crippen molar-refractivity contribution in [2.75, 3.05) is 31.5 Å². The molecule has 1 aliphatic heterocycles. The first-order chi connectivity index (χ1) is 10.5. The van der Waals surface area contributed by atoms with Crippen molar-refractivity contribution in [1.82, 2.24) is 14.8 Å². The predicted molar refractivity (Wildman–Crippen MR) is 88.5 cm³/mol. The lowest BCUT2D eigenvalue weighted by atomic mass is 10.2. The van der Waals surface area contributed by atoms with E-state index in [0.717, 1.165) is 32.0 Å². The summed E-state index contributed by atoms with van der Waals surface area (Å²) in [5, 5.41) is 3.74. The molecule has 120 valence electrons. The van der Waals surface area contributed by atoms with Crippen LogP contribution in [0.15, 0.2) is 12.3 Å². The Balaban J connectivity index is 1.69. The lowest BCUT2D eigenvalue weighted by Gasteiger charge is -2.37. The van der Waals surface area contributed by atoms with Crippen LogP contribution in [0.5, 0.6) is 0 Å². The Bertz CT molecular complexity index is 551. The van der Waals surface area contributed by atoms with E-state index in [2.05, 4.69) is 29.0 Å². The summed E-state index contributed by atoms with van der Waals surface area (Å²) in [5.74, 6) is 0.755. The van der Waals surface area contributed by atoms with Crippen LogP contribution in [0.1, 0.15) is 37.0 Å². The third kappa shape index (κ3) is 3.52. The molecule has 6 heteroatoms. The maximum atomic E-state index is 12.7. The second-order valence-electron chi connectivity index (χ2n) is 6.39. The molecule has 3 rings (SSSR count). The Hall–Kier alpha value is -1.33. The van der Waals surface area contributed by atoms with Gasteiger partial charge in [0.25, 0.3) is 5.91 Å². The van der Waals surface area contributed by atoms with E-state index >= 15 is 0 Å². The average Bonchev–Trinajstić information content (AvgIpc) is 3.32. The van der Waals surface area contributed by atoms with Crippen molar-refractivity contribution in [2.24, 2.45) is 0 Å². The summed E-state index contributed by atoms with van der Waals surface area (Å²) < 4.78 is 0. The zero-order chi connectivity index (χ0) is 15.7. The highest BCUT2D eigenvalue weighted by atomic mass is 35.5. The first-order valence-electron chi connectivity index (χ1n) is 8.00. The summed E-state index contributed by atoms with van der Waals surface area (Å²) >= 11 is 6.19. The van der Waals surface area contributed by atoms with Gasteiger partial charge in [0, 0.05) is 44.5 Å². The Morgan fingerprint density at radius 2 is 2.00 bits per heavy atom. The molecule has 0 radical (unpaired) electrons. The van der Waals surface area contributed by atoms with Gasteiger partial charge in [0.05, 0.1) is 10.6 Å². The molecule has 2 heterocycles. The van der Waals surface area contributed by atoms with E-state index in [4.69, 9.17) is 11.6 Å². The van der Waals surface area contributed by atoms with Crippen molar-refractivity contribution >= 4 is 23.3 Å². The van der Waals surface area contributed by atoms with Crippen LogP contribution in [0.25, 0.3) is 0 Å². The van der Waals surface area contributed by atoms with Crippen LogP contribution in [0.2, 0.25) is 5.02 Å². The van der Waals surface area contributed by atoms with E-state index in [-0.39, 0.29) is 5.91 Å². The number of hydrogen-bond acceptors (Lipinski definition) is 4. The molecule has 0 bridgehead atoms. The number of amides is 1. The lowest BCUT2D eigenvalue weighted by Crippen LogP contribution is -2.50. The zero-order valence-corrected chi connectivity index (χ0v) is 13.9. The summed E-state index contributed by atoms with van der Waals surface area (Å²) in [5.41, 5.74) is 0.554. The van der Waals surface area contributed by atoms with Crippen molar-refractivity contribution < 1.29 is 4.79 Å². The minimum atomic E-state index is 0.00894. The standard InChI is InChI=1S/C16H23ClN4O/c1-11(2)20-5-7-21(8-6-20)16(22)13-9-15(18-10-14(13)17)19-12-3-4-12/h9-12H,3-8H2,1-2H3,(H,18,19). The van der Waals surface area contributed by atoms with Crippen molar-refractivity contribution in [1.29, 1.82) is 0 Å². The Kier molecular flexibility index (Phi) is 4.54. The molecule has 1 amide bonds. The van der Waals surface area contributed by atoms with E-state index < -0.39 is 0 Å². The Morgan fingerprint density at radius 1 is 1.32 bits per heavy atom. The highest BCUT2D eigenvalue weighted by Gasteiger charge is 2.26. The number of hydrogen-bond donors (Lipinski definition) is 1. The molecule has 1 aromatic rings. The van der Waals surface area contributed by atoms with Gasteiger partial charge in [-0.2, -0.15) is 0 Å². The third-order valence-electron chi connectivity index (χ3n) is 4.35. The van der Waals surface area contributed by atoms with E-state index in [0.29, 0.717) is 22.7 Å². The number of carbonyl (C=O) groups excluding carboxylic acids is 1. The average molecular weight is 323 g/mol. The van der Waals surface area contributed by atoms with Crippen LogP contribution in [0, 0.1) is 0 Å². The molecule has 0 unspecified atom stereocenters. The molecule has 1 aromatic heterocycles. The maximum Gasteiger partial charge on any atom is 0.255 e. The molecule has 22 heavy (non-hydrogen) atoms. The molecule has 1 saturated carbocycles. The summed E-state index contributed by atoms with van der Waals surface area (Å²) in [4.78, 5) is 21.3. The van der Waals surface area contributed by atoms with Crippen molar-refractivity contribution in [3.05, 3.63) is 22.8 Å². The third-order valence-corrected chi connectivity index (χ3v) is 4.65. The number of rotatable bonds is 4.